The summed E-state index contributed by atoms with van der Waals surface area (Å²) in [4.78, 5) is 53.4. The number of esters is 2. The van der Waals surface area contributed by atoms with Crippen molar-refractivity contribution < 1.29 is 87.0 Å². The van der Waals surface area contributed by atoms with Crippen LogP contribution in [0.2, 0.25) is 0 Å². The van der Waals surface area contributed by atoms with E-state index in [-0.39, 0.29) is 31.7 Å². The highest BCUT2D eigenvalue weighted by Gasteiger charge is 2.52. The summed E-state index contributed by atoms with van der Waals surface area (Å²) in [6.07, 6.45) is -8.58. The average molecular weight is 958 g/mol. The molecular formula is C48H79NO18. The molecule has 21 unspecified atom stereocenters. The molecule has 0 spiro atoms. The summed E-state index contributed by atoms with van der Waals surface area (Å²) in [5, 5.41) is 45.9. The predicted octanol–water partition coefficient (Wildman–Crippen LogP) is 2.40. The highest BCUT2D eigenvalue weighted by Crippen LogP contribution is 2.38. The number of ether oxygens (including phenoxy) is 10. The summed E-state index contributed by atoms with van der Waals surface area (Å²) in [5.74, 6) is -4.22. The molecule has 384 valence electrons. The number of aldehydes is 1. The van der Waals surface area contributed by atoms with Gasteiger partial charge in [-0.25, -0.2) is 0 Å². The fourth-order valence-corrected chi connectivity index (χ4v) is 9.90. The summed E-state index contributed by atoms with van der Waals surface area (Å²) in [6.45, 7) is 14.9. The molecule has 4 aliphatic rings. The maximum Gasteiger partial charge on any atom is 0.308 e. The molecule has 67 heavy (non-hydrogen) atoms. The Morgan fingerprint density at radius 2 is 1.55 bits per heavy atom. The Morgan fingerprint density at radius 3 is 2.13 bits per heavy atom. The van der Waals surface area contributed by atoms with Gasteiger partial charge in [-0.1, -0.05) is 38.5 Å². The second-order valence-electron chi connectivity index (χ2n) is 19.3. The first kappa shape index (κ1) is 56.8. The Balaban J connectivity index is 1.61. The Hall–Kier alpha value is -2.76. The summed E-state index contributed by atoms with van der Waals surface area (Å²) in [6, 6.07) is -0.777. The van der Waals surface area contributed by atoms with Crippen molar-refractivity contribution in [2.45, 2.75) is 198 Å². The molecule has 0 aromatic carbocycles. The molecule has 4 heterocycles. The van der Waals surface area contributed by atoms with E-state index >= 15 is 0 Å². The van der Waals surface area contributed by atoms with Crippen molar-refractivity contribution in [3.05, 3.63) is 23.8 Å². The molecule has 3 saturated heterocycles. The number of hydrogen-bond acceptors (Lipinski definition) is 19. The number of likely N-dealkylation sites (N-methyl/N-ethyl adjacent to an activating group) is 1. The van der Waals surface area contributed by atoms with Crippen LogP contribution in [0.25, 0.3) is 0 Å². The molecule has 0 radical (unpaired) electrons. The SMILES string of the molecule is CCC1OC(=O)CC(O)C(C)C(OC2OC(C)C(OC3CC(C)(O)C(OC(C)=O)C(C)O3)C(N(C)C)C2O)C(CC=O)CC(C)C(=O)C=CC(C)=CC1COC1OC(C)C(O)C(OC)C1OC. The molecule has 4 aliphatic heterocycles. The minimum Gasteiger partial charge on any atom is -0.462 e. The van der Waals surface area contributed by atoms with Crippen molar-refractivity contribution in [3.8, 4) is 0 Å². The highest BCUT2D eigenvalue weighted by atomic mass is 16.7. The van der Waals surface area contributed by atoms with Crippen LogP contribution in [0.3, 0.4) is 0 Å². The average Bonchev–Trinajstić information content (AvgIpc) is 3.25. The van der Waals surface area contributed by atoms with E-state index in [1.807, 2.05) is 13.0 Å². The molecule has 21 atom stereocenters. The molecule has 0 aliphatic carbocycles. The number of rotatable bonds is 14. The third-order valence-electron chi connectivity index (χ3n) is 13.7. The minimum absolute atomic E-state index is 0.0144. The van der Waals surface area contributed by atoms with E-state index in [1.165, 1.54) is 34.1 Å². The normalized spacial score (nSPS) is 43.0. The Morgan fingerprint density at radius 1 is 0.896 bits per heavy atom. The van der Waals surface area contributed by atoms with Crippen molar-refractivity contribution in [1.82, 2.24) is 4.90 Å². The van der Waals surface area contributed by atoms with Gasteiger partial charge in [-0.15, -0.1) is 0 Å². The van der Waals surface area contributed by atoms with Crippen LogP contribution in [0.15, 0.2) is 23.8 Å². The quantitative estimate of drug-likeness (QED) is 0.144. The predicted molar refractivity (Wildman–Crippen MR) is 240 cm³/mol. The monoisotopic (exact) mass is 958 g/mol. The molecule has 19 nitrogen and oxygen atoms in total. The van der Waals surface area contributed by atoms with Gasteiger partial charge < -0.3 is 77.5 Å². The lowest BCUT2D eigenvalue weighted by atomic mass is 9.79. The van der Waals surface area contributed by atoms with Crippen LogP contribution in [0.4, 0.5) is 0 Å². The standard InChI is InChI=1S/C48H79NO18/c1-14-35-32(23-60-47-44(59-13)43(58-12)39(55)27(5)62-47)19-24(2)15-16-33(52)25(3)20-31(17-18-50)41(26(4)34(53)21-36(54)65-35)67-46-40(56)38(49(10)11)42(28(6)63-46)66-37-22-48(9,57)45(29(7)61-37)64-30(8)51/h15-16,18-19,25-29,31-32,34-35,37-47,53,55-57H,14,17,20-23H2,1-13H3. The van der Waals surface area contributed by atoms with E-state index < -0.39 is 146 Å². The van der Waals surface area contributed by atoms with Crippen LogP contribution in [0, 0.1) is 23.7 Å². The zero-order valence-electron chi connectivity index (χ0n) is 41.6. The second kappa shape index (κ2) is 25.4. The zero-order valence-corrected chi connectivity index (χ0v) is 41.6. The van der Waals surface area contributed by atoms with Crippen LogP contribution < -0.4 is 0 Å². The van der Waals surface area contributed by atoms with Crippen molar-refractivity contribution >= 4 is 24.0 Å². The fraction of sp³-hybridized carbons (Fsp3) is 0.833. The van der Waals surface area contributed by atoms with Crippen LogP contribution in [0.1, 0.15) is 94.4 Å². The number of nitrogens with zero attached hydrogens (tertiary/aromatic N) is 1. The molecule has 0 aromatic rings. The zero-order chi connectivity index (χ0) is 50.1. The van der Waals surface area contributed by atoms with E-state index in [2.05, 4.69) is 0 Å². The summed E-state index contributed by atoms with van der Waals surface area (Å²) in [5.41, 5.74) is -0.820. The van der Waals surface area contributed by atoms with Gasteiger partial charge in [0.05, 0.1) is 49.6 Å². The summed E-state index contributed by atoms with van der Waals surface area (Å²) in [7, 11) is 6.41. The van der Waals surface area contributed by atoms with E-state index in [1.54, 1.807) is 66.6 Å². The topological polar surface area (TPSA) is 245 Å². The van der Waals surface area contributed by atoms with Gasteiger partial charge in [0.2, 0.25) is 0 Å². The van der Waals surface area contributed by atoms with Crippen molar-refractivity contribution in [1.29, 1.82) is 0 Å². The van der Waals surface area contributed by atoms with E-state index in [0.29, 0.717) is 18.3 Å². The first-order valence-corrected chi connectivity index (χ1v) is 23.6. The summed E-state index contributed by atoms with van der Waals surface area (Å²) >= 11 is 0. The first-order chi connectivity index (χ1) is 31.5. The molecule has 19 heteroatoms. The molecular weight excluding hydrogens is 879 g/mol. The highest BCUT2D eigenvalue weighted by molar-refractivity contribution is 5.91. The molecule has 4 N–H and O–H groups in total. The lowest BCUT2D eigenvalue weighted by Crippen LogP contribution is -2.65. The Kier molecular flexibility index (Phi) is 21.5. The van der Waals surface area contributed by atoms with Gasteiger partial charge in [-0.2, -0.15) is 0 Å². The van der Waals surface area contributed by atoms with E-state index in [4.69, 9.17) is 47.4 Å². The van der Waals surface area contributed by atoms with Gasteiger partial charge in [0.15, 0.2) is 30.8 Å². The first-order valence-electron chi connectivity index (χ1n) is 23.6. The number of methoxy groups -OCH3 is 2. The van der Waals surface area contributed by atoms with Crippen LogP contribution in [0.5, 0.6) is 0 Å². The maximum absolute atomic E-state index is 13.8. The third-order valence-corrected chi connectivity index (χ3v) is 13.7. The summed E-state index contributed by atoms with van der Waals surface area (Å²) < 4.78 is 60.4. The van der Waals surface area contributed by atoms with Crippen LogP contribution in [-0.2, 0) is 66.5 Å². The number of allylic oxidation sites excluding steroid dienone is 3. The number of aliphatic hydroxyl groups excluding tert-OH is 3. The Bertz CT molecular complexity index is 1670. The van der Waals surface area contributed by atoms with Crippen LogP contribution >= 0.6 is 0 Å². The number of aliphatic hydroxyl groups is 4. The number of cyclic esters (lactones) is 1. The van der Waals surface area contributed by atoms with Gasteiger partial charge >= 0.3 is 11.9 Å². The van der Waals surface area contributed by atoms with Gasteiger partial charge in [0.1, 0.15) is 48.5 Å². The lowest BCUT2D eigenvalue weighted by Gasteiger charge is -2.50. The smallest absolute Gasteiger partial charge is 0.308 e. The molecule has 4 rings (SSSR count). The molecule has 0 amide bonds. The maximum atomic E-state index is 13.8. The minimum atomic E-state index is -1.50. The number of carbonyl (C=O) groups is 4. The van der Waals surface area contributed by atoms with Gasteiger partial charge in [0, 0.05) is 51.7 Å². The lowest BCUT2D eigenvalue weighted by molar-refractivity contribution is -0.342. The fourth-order valence-electron chi connectivity index (χ4n) is 9.90. The molecule has 0 aromatic heterocycles. The number of carbonyl (C=O) groups excluding carboxylic acids is 4. The van der Waals surface area contributed by atoms with Crippen molar-refractivity contribution in [2.75, 3.05) is 34.9 Å². The largest absolute Gasteiger partial charge is 0.462 e. The van der Waals surface area contributed by atoms with Gasteiger partial charge in [-0.3, -0.25) is 14.4 Å². The van der Waals surface area contributed by atoms with Gasteiger partial charge in [-0.05, 0) is 73.5 Å². The third kappa shape index (κ3) is 14.6. The second-order valence-corrected chi connectivity index (χ2v) is 19.3. The number of ketones is 1. The van der Waals surface area contributed by atoms with Crippen molar-refractivity contribution in [3.63, 3.8) is 0 Å². The molecule has 0 bridgehead atoms. The van der Waals surface area contributed by atoms with E-state index in [0.717, 1.165) is 0 Å². The number of hydrogen-bond donors (Lipinski definition) is 4. The molecule has 0 saturated carbocycles. The van der Waals surface area contributed by atoms with Gasteiger partial charge in [0.25, 0.3) is 0 Å². The van der Waals surface area contributed by atoms with Crippen molar-refractivity contribution in [2.24, 2.45) is 23.7 Å². The Labute approximate surface area is 395 Å². The van der Waals surface area contributed by atoms with Crippen LogP contribution in [-0.4, -0.2) is 188 Å². The molecule has 3 fully saturated rings. The van der Waals surface area contributed by atoms with E-state index in [9.17, 15) is 39.6 Å².